The molecule has 0 unspecified atom stereocenters. The van der Waals surface area contributed by atoms with Gasteiger partial charge in [-0.2, -0.15) is 0 Å². The molecule has 3 nitrogen and oxygen atoms in total. The molecule has 0 spiro atoms. The van der Waals surface area contributed by atoms with Crippen LogP contribution < -0.4 is 0 Å². The number of carboxylic acid groups (broad SMARTS) is 1. The van der Waals surface area contributed by atoms with Crippen molar-refractivity contribution in [1.82, 2.24) is 0 Å². The molecule has 0 aliphatic heterocycles. The summed E-state index contributed by atoms with van der Waals surface area (Å²) in [6.45, 7) is 3.88. The molecule has 5 heteroatoms. The van der Waals surface area contributed by atoms with Crippen molar-refractivity contribution < 1.29 is 15.0 Å². The zero-order valence-corrected chi connectivity index (χ0v) is 12.0. The molecule has 18 heavy (non-hydrogen) atoms. The molecule has 1 rings (SSSR count). The van der Waals surface area contributed by atoms with Gasteiger partial charge in [-0.05, 0) is 31.0 Å². The number of rotatable bonds is 6. The summed E-state index contributed by atoms with van der Waals surface area (Å²) in [5, 5.41) is 19.4. The Bertz CT molecular complexity index is 430. The number of carbonyl (C=O) groups is 1. The van der Waals surface area contributed by atoms with E-state index in [0.717, 1.165) is 4.90 Å². The predicted octanol–water partition coefficient (Wildman–Crippen LogP) is 3.68. The van der Waals surface area contributed by atoms with Gasteiger partial charge in [-0.3, -0.25) is 0 Å². The molecule has 2 N–H and O–H groups in total. The Balaban J connectivity index is 2.80. The molecule has 1 aromatic carbocycles. The quantitative estimate of drug-likeness (QED) is 0.784. The summed E-state index contributed by atoms with van der Waals surface area (Å²) in [5.41, 5.74) is -0.605. The van der Waals surface area contributed by atoms with E-state index in [1.54, 1.807) is 18.2 Å². The first-order chi connectivity index (χ1) is 8.41. The van der Waals surface area contributed by atoms with Crippen LogP contribution in [-0.4, -0.2) is 27.5 Å². The van der Waals surface area contributed by atoms with Crippen LogP contribution in [0.3, 0.4) is 0 Å². The van der Waals surface area contributed by atoms with Crippen molar-refractivity contribution in [1.29, 1.82) is 0 Å². The Hall–Kier alpha value is -0.710. The van der Waals surface area contributed by atoms with E-state index in [1.165, 1.54) is 11.8 Å². The second-order valence-corrected chi connectivity index (χ2v) is 5.62. The van der Waals surface area contributed by atoms with Crippen molar-refractivity contribution in [3.05, 3.63) is 28.8 Å². The Kier molecular flexibility index (Phi) is 5.50. The molecule has 0 heterocycles. The Morgan fingerprint density at radius 2 is 2.00 bits per heavy atom. The van der Waals surface area contributed by atoms with Crippen molar-refractivity contribution in [2.24, 2.45) is 0 Å². The molecule has 0 bridgehead atoms. The maximum absolute atomic E-state index is 10.9. The first-order valence-electron chi connectivity index (χ1n) is 5.80. The van der Waals surface area contributed by atoms with Crippen LogP contribution in [0.25, 0.3) is 0 Å². The zero-order valence-electron chi connectivity index (χ0n) is 10.4. The van der Waals surface area contributed by atoms with Gasteiger partial charge in [0.2, 0.25) is 0 Å². The van der Waals surface area contributed by atoms with Crippen LogP contribution in [-0.2, 0) is 0 Å². The van der Waals surface area contributed by atoms with Crippen molar-refractivity contribution >= 4 is 29.3 Å². The van der Waals surface area contributed by atoms with Gasteiger partial charge in [0, 0.05) is 10.6 Å². The topological polar surface area (TPSA) is 57.5 Å². The third kappa shape index (κ3) is 3.90. The van der Waals surface area contributed by atoms with Crippen LogP contribution in [0.4, 0.5) is 0 Å². The minimum atomic E-state index is -1.04. The summed E-state index contributed by atoms with van der Waals surface area (Å²) >= 11 is 7.24. The third-order valence-electron chi connectivity index (χ3n) is 2.99. The summed E-state index contributed by atoms with van der Waals surface area (Å²) in [5.74, 6) is -0.496. The van der Waals surface area contributed by atoms with Gasteiger partial charge in [-0.25, -0.2) is 4.79 Å². The average molecular weight is 289 g/mol. The Morgan fingerprint density at radius 1 is 1.39 bits per heavy atom. The first kappa shape index (κ1) is 15.3. The Morgan fingerprint density at radius 3 is 2.50 bits per heavy atom. The lowest BCUT2D eigenvalue weighted by atomic mass is 10.0. The maximum atomic E-state index is 10.9. The van der Waals surface area contributed by atoms with Crippen molar-refractivity contribution in [3.63, 3.8) is 0 Å². The highest BCUT2D eigenvalue weighted by Gasteiger charge is 2.22. The van der Waals surface area contributed by atoms with Gasteiger partial charge in [0.1, 0.15) is 0 Å². The fourth-order valence-corrected chi connectivity index (χ4v) is 2.84. The number of carboxylic acids is 1. The second kappa shape index (κ2) is 6.45. The zero-order chi connectivity index (χ0) is 13.8. The molecule has 0 amide bonds. The lowest BCUT2D eigenvalue weighted by Gasteiger charge is -2.24. The van der Waals surface area contributed by atoms with E-state index in [9.17, 15) is 9.90 Å². The van der Waals surface area contributed by atoms with Gasteiger partial charge in [0.25, 0.3) is 0 Å². The van der Waals surface area contributed by atoms with E-state index in [2.05, 4.69) is 0 Å². The van der Waals surface area contributed by atoms with Gasteiger partial charge in [0.15, 0.2) is 0 Å². The summed E-state index contributed by atoms with van der Waals surface area (Å²) in [6.07, 6.45) is 1.35. The number of hydrogen-bond acceptors (Lipinski definition) is 3. The van der Waals surface area contributed by atoms with E-state index in [0.29, 0.717) is 18.6 Å². The molecular weight excluding hydrogens is 272 g/mol. The molecule has 0 saturated carbocycles. The normalized spacial score (nSPS) is 11.6. The highest BCUT2D eigenvalue weighted by Crippen LogP contribution is 2.29. The maximum Gasteiger partial charge on any atom is 0.337 e. The molecule has 0 aromatic heterocycles. The summed E-state index contributed by atoms with van der Waals surface area (Å²) in [4.78, 5) is 11.7. The summed E-state index contributed by atoms with van der Waals surface area (Å²) in [6, 6.07) is 4.89. The van der Waals surface area contributed by atoms with E-state index in [4.69, 9.17) is 16.7 Å². The monoisotopic (exact) mass is 288 g/mol. The first-order valence-corrected chi connectivity index (χ1v) is 7.16. The number of thioether (sulfide) groups is 1. The predicted molar refractivity (Wildman–Crippen MR) is 74.7 cm³/mol. The third-order valence-corrected chi connectivity index (χ3v) is 4.59. The fourth-order valence-electron chi connectivity index (χ4n) is 1.43. The van der Waals surface area contributed by atoms with E-state index in [1.807, 2.05) is 13.8 Å². The lowest BCUT2D eigenvalue weighted by Crippen LogP contribution is -2.29. The molecule has 0 aliphatic carbocycles. The number of halogens is 1. The van der Waals surface area contributed by atoms with Crippen LogP contribution in [0.15, 0.2) is 23.1 Å². The van der Waals surface area contributed by atoms with E-state index >= 15 is 0 Å². The van der Waals surface area contributed by atoms with Crippen LogP contribution in [0.1, 0.15) is 37.0 Å². The fraction of sp³-hybridized carbons (Fsp3) is 0.462. The smallest absolute Gasteiger partial charge is 0.337 e. The molecule has 100 valence electrons. The lowest BCUT2D eigenvalue weighted by molar-refractivity contribution is 0.0571. The van der Waals surface area contributed by atoms with Gasteiger partial charge in [0.05, 0.1) is 16.2 Å². The van der Waals surface area contributed by atoms with E-state index < -0.39 is 11.6 Å². The van der Waals surface area contributed by atoms with Crippen molar-refractivity contribution in [3.8, 4) is 0 Å². The SMILES string of the molecule is CCC(O)(CC)CSc1ccc(Cl)c(C(=O)O)c1. The number of aromatic carboxylic acids is 1. The summed E-state index contributed by atoms with van der Waals surface area (Å²) < 4.78 is 0. The van der Waals surface area contributed by atoms with Crippen molar-refractivity contribution in [2.45, 2.75) is 37.2 Å². The largest absolute Gasteiger partial charge is 0.478 e. The minimum Gasteiger partial charge on any atom is -0.478 e. The van der Waals surface area contributed by atoms with Crippen molar-refractivity contribution in [2.75, 3.05) is 5.75 Å². The van der Waals surface area contributed by atoms with Crippen LogP contribution >= 0.6 is 23.4 Å². The highest BCUT2D eigenvalue weighted by molar-refractivity contribution is 7.99. The second-order valence-electron chi connectivity index (χ2n) is 4.17. The van der Waals surface area contributed by atoms with Crippen LogP contribution in [0, 0.1) is 0 Å². The Labute approximate surface area is 116 Å². The standard InChI is InChI=1S/C13H17ClO3S/c1-3-13(17,4-2)8-18-9-5-6-11(14)10(7-9)12(15)16/h5-7,17H,3-4,8H2,1-2H3,(H,15,16). The van der Waals surface area contributed by atoms with Gasteiger partial charge in [-0.15, -0.1) is 11.8 Å². The van der Waals surface area contributed by atoms with Gasteiger partial charge in [-0.1, -0.05) is 25.4 Å². The summed E-state index contributed by atoms with van der Waals surface area (Å²) in [7, 11) is 0. The molecule has 0 aliphatic rings. The minimum absolute atomic E-state index is 0.0956. The molecular formula is C13H17ClO3S. The van der Waals surface area contributed by atoms with E-state index in [-0.39, 0.29) is 10.6 Å². The molecule has 0 atom stereocenters. The van der Waals surface area contributed by atoms with Gasteiger partial charge < -0.3 is 10.2 Å². The molecule has 1 aromatic rings. The number of aliphatic hydroxyl groups is 1. The number of hydrogen-bond donors (Lipinski definition) is 2. The van der Waals surface area contributed by atoms with Gasteiger partial charge >= 0.3 is 5.97 Å². The number of benzene rings is 1. The molecule has 0 saturated heterocycles. The molecule has 0 radical (unpaired) electrons. The van der Waals surface area contributed by atoms with Crippen LogP contribution in [0.5, 0.6) is 0 Å². The van der Waals surface area contributed by atoms with Crippen LogP contribution in [0.2, 0.25) is 5.02 Å². The highest BCUT2D eigenvalue weighted by atomic mass is 35.5. The molecule has 0 fully saturated rings. The average Bonchev–Trinajstić information content (AvgIpc) is 2.37.